The number of hydrogen-bond donors (Lipinski definition) is 1. The second-order valence-corrected chi connectivity index (χ2v) is 8.07. The van der Waals surface area contributed by atoms with Gasteiger partial charge in [0.25, 0.3) is 0 Å². The summed E-state index contributed by atoms with van der Waals surface area (Å²) in [5.74, 6) is 1.21. The Morgan fingerprint density at radius 3 is 2.90 bits per heavy atom. The molecule has 0 spiro atoms. The highest BCUT2D eigenvalue weighted by Crippen LogP contribution is 2.27. The molecule has 1 fully saturated rings. The zero-order chi connectivity index (χ0) is 15.0. The quantitative estimate of drug-likeness (QED) is 0.847. The van der Waals surface area contributed by atoms with E-state index in [1.54, 1.807) is 11.3 Å². The number of nitrogens with zero attached hydrogens (tertiary/aromatic N) is 3. The molecule has 0 atom stereocenters. The summed E-state index contributed by atoms with van der Waals surface area (Å²) in [7, 11) is 4.17. The van der Waals surface area contributed by atoms with E-state index in [-0.39, 0.29) is 0 Å². The van der Waals surface area contributed by atoms with E-state index in [9.17, 15) is 0 Å². The molecule has 0 unspecified atom stereocenters. The summed E-state index contributed by atoms with van der Waals surface area (Å²) in [6.07, 6.45) is 2.63. The van der Waals surface area contributed by atoms with Gasteiger partial charge in [0.05, 0.1) is 9.48 Å². The van der Waals surface area contributed by atoms with Gasteiger partial charge in [0.1, 0.15) is 5.82 Å². The number of nitrogens with one attached hydrogen (secondary N) is 1. The van der Waals surface area contributed by atoms with Gasteiger partial charge in [-0.15, -0.1) is 11.3 Å². The maximum atomic E-state index is 4.61. The molecule has 21 heavy (non-hydrogen) atoms. The molecule has 114 valence electrons. The molecule has 0 bridgehead atoms. The SMILES string of the molecule is Cc1nn(C)c(N(C)Cc2csc(Br)c2)c1CNC1CC1. The first-order valence-corrected chi connectivity index (χ1v) is 8.91. The maximum Gasteiger partial charge on any atom is 0.131 e. The third-order valence-corrected chi connectivity index (χ3v) is 5.41. The maximum absolute atomic E-state index is 4.61. The molecule has 0 aromatic carbocycles. The highest BCUT2D eigenvalue weighted by molar-refractivity contribution is 9.11. The lowest BCUT2D eigenvalue weighted by atomic mass is 10.2. The molecule has 1 saturated carbocycles. The first-order chi connectivity index (χ1) is 10.0. The van der Waals surface area contributed by atoms with Crippen molar-refractivity contribution in [1.29, 1.82) is 0 Å². The van der Waals surface area contributed by atoms with E-state index in [1.807, 2.05) is 11.7 Å². The van der Waals surface area contributed by atoms with Gasteiger partial charge in [-0.3, -0.25) is 4.68 Å². The van der Waals surface area contributed by atoms with Crippen LogP contribution in [0.15, 0.2) is 15.2 Å². The average molecular weight is 369 g/mol. The lowest BCUT2D eigenvalue weighted by Gasteiger charge is -2.21. The molecule has 0 saturated heterocycles. The fourth-order valence-corrected chi connectivity index (χ4v) is 3.89. The summed E-state index contributed by atoms with van der Waals surface area (Å²) in [5.41, 5.74) is 3.77. The summed E-state index contributed by atoms with van der Waals surface area (Å²) in [6.45, 7) is 3.91. The predicted molar refractivity (Wildman–Crippen MR) is 91.9 cm³/mol. The minimum atomic E-state index is 0.718. The molecule has 2 heterocycles. The van der Waals surface area contributed by atoms with Gasteiger partial charge in [-0.2, -0.15) is 5.10 Å². The van der Waals surface area contributed by atoms with E-state index in [0.717, 1.165) is 24.8 Å². The van der Waals surface area contributed by atoms with Crippen molar-refractivity contribution < 1.29 is 0 Å². The predicted octanol–water partition coefficient (Wildman–Crippen LogP) is 3.44. The van der Waals surface area contributed by atoms with Crippen LogP contribution in [-0.4, -0.2) is 22.9 Å². The Hall–Kier alpha value is -0.850. The number of aryl methyl sites for hydroxylation is 2. The Kier molecular flexibility index (Phi) is 4.38. The van der Waals surface area contributed by atoms with Crippen molar-refractivity contribution in [2.24, 2.45) is 7.05 Å². The van der Waals surface area contributed by atoms with Gasteiger partial charge in [0, 0.05) is 38.8 Å². The number of hydrogen-bond acceptors (Lipinski definition) is 4. The molecule has 0 radical (unpaired) electrons. The van der Waals surface area contributed by atoms with Gasteiger partial charge >= 0.3 is 0 Å². The fourth-order valence-electron chi connectivity index (χ4n) is 2.69. The molecule has 3 rings (SSSR count). The van der Waals surface area contributed by atoms with Crippen LogP contribution in [0.25, 0.3) is 0 Å². The van der Waals surface area contributed by atoms with Crippen LogP contribution in [0.1, 0.15) is 29.7 Å². The van der Waals surface area contributed by atoms with Crippen molar-refractivity contribution in [2.45, 2.75) is 38.9 Å². The summed E-state index contributed by atoms with van der Waals surface area (Å²) in [6, 6.07) is 2.91. The molecule has 2 aromatic rings. The van der Waals surface area contributed by atoms with Gasteiger partial charge in [0.15, 0.2) is 0 Å². The largest absolute Gasteiger partial charge is 0.355 e. The van der Waals surface area contributed by atoms with Crippen LogP contribution in [0.4, 0.5) is 5.82 Å². The van der Waals surface area contributed by atoms with Crippen LogP contribution in [0.2, 0.25) is 0 Å². The molecule has 0 amide bonds. The van der Waals surface area contributed by atoms with Crippen molar-refractivity contribution in [2.75, 3.05) is 11.9 Å². The molecule has 1 N–H and O–H groups in total. The molecule has 6 heteroatoms. The normalized spacial score (nSPS) is 14.7. The Morgan fingerprint density at radius 2 is 2.29 bits per heavy atom. The third-order valence-electron chi connectivity index (χ3n) is 3.86. The molecule has 2 aromatic heterocycles. The standard InChI is InChI=1S/C15H21BrN4S/c1-10-13(7-17-12-4-5-12)15(20(3)18-10)19(2)8-11-6-14(16)21-9-11/h6,9,12,17H,4-5,7-8H2,1-3H3. The van der Waals surface area contributed by atoms with E-state index in [1.165, 1.54) is 33.6 Å². The van der Waals surface area contributed by atoms with E-state index < -0.39 is 0 Å². The average Bonchev–Trinajstić information content (AvgIpc) is 3.09. The van der Waals surface area contributed by atoms with Crippen molar-refractivity contribution in [3.05, 3.63) is 32.1 Å². The number of thiophene rings is 1. The van der Waals surface area contributed by atoms with Gasteiger partial charge in [0.2, 0.25) is 0 Å². The van der Waals surface area contributed by atoms with Crippen LogP contribution in [0.3, 0.4) is 0 Å². The number of aromatic nitrogens is 2. The van der Waals surface area contributed by atoms with Crippen LogP contribution in [0, 0.1) is 6.92 Å². The summed E-state index contributed by atoms with van der Waals surface area (Å²) >= 11 is 5.26. The summed E-state index contributed by atoms with van der Waals surface area (Å²) in [4.78, 5) is 2.29. The number of anilines is 1. The zero-order valence-corrected chi connectivity index (χ0v) is 15.1. The van der Waals surface area contributed by atoms with Gasteiger partial charge in [-0.25, -0.2) is 0 Å². The highest BCUT2D eigenvalue weighted by atomic mass is 79.9. The number of rotatable bonds is 6. The van der Waals surface area contributed by atoms with E-state index in [0.29, 0.717) is 0 Å². The number of halogens is 1. The lowest BCUT2D eigenvalue weighted by molar-refractivity contribution is 0.680. The van der Waals surface area contributed by atoms with Gasteiger partial charge < -0.3 is 10.2 Å². The molecule has 4 nitrogen and oxygen atoms in total. The molecule has 1 aliphatic carbocycles. The van der Waals surface area contributed by atoms with Crippen LogP contribution < -0.4 is 10.2 Å². The molecular formula is C15H21BrN4S. The smallest absolute Gasteiger partial charge is 0.131 e. The fraction of sp³-hybridized carbons (Fsp3) is 0.533. The Labute approximate surface area is 138 Å². The molecule has 1 aliphatic rings. The van der Waals surface area contributed by atoms with Crippen LogP contribution >= 0.6 is 27.3 Å². The van der Waals surface area contributed by atoms with Crippen molar-refractivity contribution in [3.63, 3.8) is 0 Å². The minimum absolute atomic E-state index is 0.718. The topological polar surface area (TPSA) is 33.1 Å². The van der Waals surface area contributed by atoms with Crippen LogP contribution in [0.5, 0.6) is 0 Å². The van der Waals surface area contributed by atoms with Gasteiger partial charge in [-0.05, 0) is 52.7 Å². The monoisotopic (exact) mass is 368 g/mol. The van der Waals surface area contributed by atoms with E-state index in [2.05, 4.69) is 56.7 Å². The summed E-state index contributed by atoms with van der Waals surface area (Å²) in [5, 5.41) is 10.4. The molecule has 0 aliphatic heterocycles. The first-order valence-electron chi connectivity index (χ1n) is 7.24. The Bertz CT molecular complexity index is 630. The van der Waals surface area contributed by atoms with Crippen LogP contribution in [-0.2, 0) is 20.1 Å². The van der Waals surface area contributed by atoms with Crippen molar-refractivity contribution in [3.8, 4) is 0 Å². The second kappa shape index (κ2) is 6.10. The van der Waals surface area contributed by atoms with Gasteiger partial charge in [-0.1, -0.05) is 0 Å². The summed E-state index contributed by atoms with van der Waals surface area (Å²) < 4.78 is 3.18. The zero-order valence-electron chi connectivity index (χ0n) is 12.7. The minimum Gasteiger partial charge on any atom is -0.355 e. The Morgan fingerprint density at radius 1 is 1.52 bits per heavy atom. The third kappa shape index (κ3) is 3.49. The Balaban J connectivity index is 1.78. The van der Waals surface area contributed by atoms with E-state index in [4.69, 9.17) is 0 Å². The first kappa shape index (κ1) is 15.1. The van der Waals surface area contributed by atoms with Crippen molar-refractivity contribution >= 4 is 33.1 Å². The van der Waals surface area contributed by atoms with Crippen molar-refractivity contribution in [1.82, 2.24) is 15.1 Å². The van der Waals surface area contributed by atoms with E-state index >= 15 is 0 Å². The highest BCUT2D eigenvalue weighted by Gasteiger charge is 2.23. The second-order valence-electron chi connectivity index (χ2n) is 5.78. The lowest BCUT2D eigenvalue weighted by Crippen LogP contribution is -2.23. The molecular weight excluding hydrogens is 348 g/mol.